The van der Waals surface area contributed by atoms with Crippen LogP contribution in [0.15, 0.2) is 54.6 Å². The van der Waals surface area contributed by atoms with Gasteiger partial charge in [0.25, 0.3) is 0 Å². The summed E-state index contributed by atoms with van der Waals surface area (Å²) in [6.07, 6.45) is 3.71. The van der Waals surface area contributed by atoms with Crippen LogP contribution in [0, 0.1) is 0 Å². The highest BCUT2D eigenvalue weighted by Crippen LogP contribution is 2.25. The SMILES string of the molecule is Clc1cccc(C(CNC2CC2)Cc2ccccc2)c1. The summed E-state index contributed by atoms with van der Waals surface area (Å²) in [4.78, 5) is 0. The maximum atomic E-state index is 6.15. The van der Waals surface area contributed by atoms with Gasteiger partial charge in [-0.3, -0.25) is 0 Å². The van der Waals surface area contributed by atoms with Gasteiger partial charge in [0.15, 0.2) is 0 Å². The molecule has 3 rings (SSSR count). The van der Waals surface area contributed by atoms with Gasteiger partial charge in [-0.25, -0.2) is 0 Å². The average Bonchev–Trinajstić information content (AvgIpc) is 3.29. The number of hydrogen-bond acceptors (Lipinski definition) is 1. The van der Waals surface area contributed by atoms with Crippen LogP contribution < -0.4 is 5.32 Å². The molecule has 1 fully saturated rings. The normalized spacial score (nSPS) is 16.1. The van der Waals surface area contributed by atoms with Gasteiger partial charge in [-0.2, -0.15) is 0 Å². The molecule has 0 bridgehead atoms. The predicted molar refractivity (Wildman–Crippen MR) is 85.4 cm³/mol. The van der Waals surface area contributed by atoms with Gasteiger partial charge >= 0.3 is 0 Å². The molecule has 1 saturated carbocycles. The lowest BCUT2D eigenvalue weighted by Crippen LogP contribution is -2.24. The molecule has 0 aliphatic heterocycles. The van der Waals surface area contributed by atoms with Crippen molar-refractivity contribution < 1.29 is 0 Å². The van der Waals surface area contributed by atoms with Crippen LogP contribution in [0.1, 0.15) is 29.9 Å². The first-order valence-electron chi connectivity index (χ1n) is 7.34. The van der Waals surface area contributed by atoms with E-state index < -0.39 is 0 Å². The highest BCUT2D eigenvalue weighted by molar-refractivity contribution is 6.30. The Morgan fingerprint density at radius 1 is 1.05 bits per heavy atom. The molecule has 2 heteroatoms. The zero-order chi connectivity index (χ0) is 13.8. The predicted octanol–water partition coefficient (Wildman–Crippen LogP) is 4.42. The molecule has 0 aromatic heterocycles. The van der Waals surface area contributed by atoms with Crippen LogP contribution in [0.5, 0.6) is 0 Å². The fourth-order valence-electron chi connectivity index (χ4n) is 2.56. The summed E-state index contributed by atoms with van der Waals surface area (Å²) in [5.74, 6) is 0.483. The van der Waals surface area contributed by atoms with Gasteiger partial charge in [-0.15, -0.1) is 0 Å². The van der Waals surface area contributed by atoms with E-state index in [9.17, 15) is 0 Å². The molecule has 1 unspecified atom stereocenters. The second-order valence-electron chi connectivity index (χ2n) is 5.62. The first kappa shape index (κ1) is 13.7. The summed E-state index contributed by atoms with van der Waals surface area (Å²) in [6.45, 7) is 1.03. The van der Waals surface area contributed by atoms with E-state index in [1.165, 1.54) is 24.0 Å². The summed E-state index contributed by atoms with van der Waals surface area (Å²) >= 11 is 6.15. The summed E-state index contributed by atoms with van der Waals surface area (Å²) in [7, 11) is 0. The summed E-state index contributed by atoms with van der Waals surface area (Å²) in [5, 5.41) is 4.48. The highest BCUT2D eigenvalue weighted by Gasteiger charge is 2.22. The minimum Gasteiger partial charge on any atom is -0.313 e. The van der Waals surface area contributed by atoms with E-state index >= 15 is 0 Å². The van der Waals surface area contributed by atoms with Crippen molar-refractivity contribution in [2.24, 2.45) is 0 Å². The number of halogens is 1. The van der Waals surface area contributed by atoms with Gasteiger partial charge < -0.3 is 5.32 Å². The second-order valence-corrected chi connectivity index (χ2v) is 6.06. The van der Waals surface area contributed by atoms with Crippen LogP contribution in [0.4, 0.5) is 0 Å². The largest absolute Gasteiger partial charge is 0.313 e. The third-order valence-electron chi connectivity index (χ3n) is 3.88. The minimum absolute atomic E-state index is 0.483. The lowest BCUT2D eigenvalue weighted by Gasteiger charge is -2.18. The molecular weight excluding hydrogens is 266 g/mol. The zero-order valence-corrected chi connectivity index (χ0v) is 12.3. The molecule has 1 atom stereocenters. The third kappa shape index (κ3) is 3.84. The maximum Gasteiger partial charge on any atom is 0.0408 e. The number of benzene rings is 2. The minimum atomic E-state index is 0.483. The Kier molecular flexibility index (Phi) is 4.39. The molecule has 0 amide bonds. The van der Waals surface area contributed by atoms with Crippen molar-refractivity contribution in [2.75, 3.05) is 6.54 Å². The third-order valence-corrected chi connectivity index (χ3v) is 4.11. The van der Waals surface area contributed by atoms with E-state index in [0.717, 1.165) is 24.0 Å². The van der Waals surface area contributed by atoms with Crippen LogP contribution in [0.3, 0.4) is 0 Å². The van der Waals surface area contributed by atoms with Crippen LogP contribution in [0.25, 0.3) is 0 Å². The van der Waals surface area contributed by atoms with Crippen molar-refractivity contribution in [3.8, 4) is 0 Å². The molecule has 2 aromatic carbocycles. The molecule has 1 aliphatic carbocycles. The molecule has 0 radical (unpaired) electrons. The Labute approximate surface area is 126 Å². The first-order valence-corrected chi connectivity index (χ1v) is 7.72. The molecule has 0 spiro atoms. The van der Waals surface area contributed by atoms with Gasteiger partial charge in [0, 0.05) is 23.5 Å². The van der Waals surface area contributed by atoms with E-state index in [0.29, 0.717) is 5.92 Å². The van der Waals surface area contributed by atoms with Gasteiger partial charge in [0.2, 0.25) is 0 Å². The summed E-state index contributed by atoms with van der Waals surface area (Å²) < 4.78 is 0. The lowest BCUT2D eigenvalue weighted by atomic mass is 9.92. The molecule has 104 valence electrons. The number of hydrogen-bond donors (Lipinski definition) is 1. The van der Waals surface area contributed by atoms with Gasteiger partial charge in [-0.1, -0.05) is 54.1 Å². The van der Waals surface area contributed by atoms with E-state index in [4.69, 9.17) is 11.6 Å². The van der Waals surface area contributed by atoms with Crippen molar-refractivity contribution in [1.29, 1.82) is 0 Å². The fraction of sp³-hybridized carbons (Fsp3) is 0.333. The van der Waals surface area contributed by atoms with E-state index in [-0.39, 0.29) is 0 Å². The van der Waals surface area contributed by atoms with Crippen LogP contribution in [-0.2, 0) is 6.42 Å². The molecule has 1 nitrogen and oxygen atoms in total. The van der Waals surface area contributed by atoms with Crippen LogP contribution in [-0.4, -0.2) is 12.6 Å². The lowest BCUT2D eigenvalue weighted by molar-refractivity contribution is 0.577. The van der Waals surface area contributed by atoms with Crippen LogP contribution >= 0.6 is 11.6 Å². The molecule has 0 heterocycles. The Bertz CT molecular complexity index is 548. The molecule has 1 N–H and O–H groups in total. The Balaban J connectivity index is 1.75. The second kappa shape index (κ2) is 6.43. The summed E-state index contributed by atoms with van der Waals surface area (Å²) in [5.41, 5.74) is 2.71. The van der Waals surface area contributed by atoms with E-state index in [1.807, 2.05) is 12.1 Å². The van der Waals surface area contributed by atoms with E-state index in [1.54, 1.807) is 0 Å². The smallest absolute Gasteiger partial charge is 0.0408 e. The molecule has 1 aliphatic rings. The molecule has 2 aromatic rings. The first-order chi connectivity index (χ1) is 9.81. The van der Waals surface area contributed by atoms with Crippen LogP contribution in [0.2, 0.25) is 5.02 Å². The van der Waals surface area contributed by atoms with Crippen molar-refractivity contribution in [2.45, 2.75) is 31.2 Å². The quantitative estimate of drug-likeness (QED) is 0.828. The number of rotatable bonds is 6. The van der Waals surface area contributed by atoms with Crippen molar-refractivity contribution >= 4 is 11.6 Å². The zero-order valence-electron chi connectivity index (χ0n) is 11.6. The Hall–Kier alpha value is -1.31. The van der Waals surface area contributed by atoms with Crippen molar-refractivity contribution in [1.82, 2.24) is 5.32 Å². The van der Waals surface area contributed by atoms with Gasteiger partial charge in [0.1, 0.15) is 0 Å². The average molecular weight is 286 g/mol. The number of nitrogens with one attached hydrogen (secondary N) is 1. The summed E-state index contributed by atoms with van der Waals surface area (Å²) in [6, 6.07) is 19.7. The van der Waals surface area contributed by atoms with Crippen molar-refractivity contribution in [3.63, 3.8) is 0 Å². The van der Waals surface area contributed by atoms with E-state index in [2.05, 4.69) is 47.8 Å². The fourth-order valence-corrected chi connectivity index (χ4v) is 2.76. The molecule has 0 saturated heterocycles. The topological polar surface area (TPSA) is 12.0 Å². The maximum absolute atomic E-state index is 6.15. The Morgan fingerprint density at radius 3 is 2.55 bits per heavy atom. The highest BCUT2D eigenvalue weighted by atomic mass is 35.5. The van der Waals surface area contributed by atoms with Gasteiger partial charge in [-0.05, 0) is 42.5 Å². The standard InChI is InChI=1S/C18H20ClN/c19-17-8-4-7-15(12-17)16(13-20-18-9-10-18)11-14-5-2-1-3-6-14/h1-8,12,16,18,20H,9-11,13H2. The van der Waals surface area contributed by atoms with Crippen molar-refractivity contribution in [3.05, 3.63) is 70.7 Å². The van der Waals surface area contributed by atoms with Gasteiger partial charge in [0.05, 0.1) is 0 Å². The molecular formula is C18H20ClN. The molecule has 20 heavy (non-hydrogen) atoms. The monoisotopic (exact) mass is 285 g/mol. The Morgan fingerprint density at radius 2 is 1.85 bits per heavy atom.